The highest BCUT2D eigenvalue weighted by atomic mass is 35.5. The number of fused-ring (bicyclic) bond motifs is 1. The number of hydrogen-bond donors (Lipinski definition) is 1. The average molecular weight is 446 g/mol. The molecular weight excluding hydrogens is 426 g/mol. The lowest BCUT2D eigenvalue weighted by Crippen LogP contribution is -2.23. The van der Waals surface area contributed by atoms with Crippen molar-refractivity contribution in [1.82, 2.24) is 9.78 Å². The van der Waals surface area contributed by atoms with Gasteiger partial charge in [-0.1, -0.05) is 17.7 Å². The van der Waals surface area contributed by atoms with Crippen molar-refractivity contribution in [3.8, 4) is 11.4 Å². The van der Waals surface area contributed by atoms with Crippen molar-refractivity contribution in [2.75, 3.05) is 11.9 Å². The van der Waals surface area contributed by atoms with E-state index in [0.717, 1.165) is 16.8 Å². The molecule has 0 bridgehead atoms. The molecule has 0 atom stereocenters. The summed E-state index contributed by atoms with van der Waals surface area (Å²) in [5, 5.41) is 7.83. The molecule has 0 fully saturated rings. The van der Waals surface area contributed by atoms with Crippen molar-refractivity contribution in [3.63, 3.8) is 0 Å². The van der Waals surface area contributed by atoms with Gasteiger partial charge in [0, 0.05) is 10.6 Å². The Morgan fingerprint density at radius 3 is 2.57 bits per heavy atom. The van der Waals surface area contributed by atoms with Gasteiger partial charge in [0.05, 0.1) is 22.9 Å². The van der Waals surface area contributed by atoms with E-state index in [0.29, 0.717) is 27.8 Å². The summed E-state index contributed by atoms with van der Waals surface area (Å²) < 4.78 is 31.2. The van der Waals surface area contributed by atoms with E-state index in [2.05, 4.69) is 10.4 Å². The monoisotopic (exact) mass is 445 g/mol. The highest BCUT2D eigenvalue weighted by molar-refractivity contribution is 7.90. The molecule has 2 aromatic carbocycles. The number of carbonyl (C=O) groups is 1. The molecule has 2 heterocycles. The number of benzene rings is 2. The predicted molar refractivity (Wildman–Crippen MR) is 115 cm³/mol. The SMILES string of the molecule is Cc1ccc(-n2nc3c(c2NC(=O)COc2ccc(Cl)cc2)CS(=O)(=O)C3)cc1C. The second-order valence-corrected chi connectivity index (χ2v) is 9.78. The van der Waals surface area contributed by atoms with Gasteiger partial charge in [-0.2, -0.15) is 5.10 Å². The molecule has 0 aliphatic carbocycles. The van der Waals surface area contributed by atoms with Crippen LogP contribution in [0, 0.1) is 13.8 Å². The zero-order chi connectivity index (χ0) is 21.5. The van der Waals surface area contributed by atoms with Gasteiger partial charge in [0.1, 0.15) is 11.6 Å². The molecule has 0 saturated carbocycles. The van der Waals surface area contributed by atoms with E-state index in [-0.39, 0.29) is 18.1 Å². The first kappa shape index (κ1) is 20.4. The fourth-order valence-corrected chi connectivity index (χ4v) is 4.88. The van der Waals surface area contributed by atoms with Crippen LogP contribution in [0.25, 0.3) is 5.69 Å². The van der Waals surface area contributed by atoms with Crippen LogP contribution in [-0.4, -0.2) is 30.7 Å². The zero-order valence-electron chi connectivity index (χ0n) is 16.5. The van der Waals surface area contributed by atoms with Crippen LogP contribution in [0.2, 0.25) is 5.02 Å². The van der Waals surface area contributed by atoms with E-state index in [1.54, 1.807) is 28.9 Å². The molecule has 0 spiro atoms. The molecule has 0 saturated heterocycles. The summed E-state index contributed by atoms with van der Waals surface area (Å²) in [5.41, 5.74) is 3.93. The van der Waals surface area contributed by atoms with Crippen LogP contribution in [0.1, 0.15) is 22.4 Å². The Morgan fingerprint density at radius 1 is 1.13 bits per heavy atom. The summed E-state index contributed by atoms with van der Waals surface area (Å²) in [6, 6.07) is 12.5. The average Bonchev–Trinajstić information content (AvgIpc) is 3.16. The van der Waals surface area contributed by atoms with Crippen molar-refractivity contribution in [3.05, 3.63) is 69.9 Å². The normalized spacial score (nSPS) is 14.4. The first-order valence-corrected chi connectivity index (χ1v) is 11.5. The molecule has 4 rings (SSSR count). The number of halogens is 1. The highest BCUT2D eigenvalue weighted by Crippen LogP contribution is 2.33. The summed E-state index contributed by atoms with van der Waals surface area (Å²) in [4.78, 5) is 12.6. The number of aryl methyl sites for hydroxylation is 2. The van der Waals surface area contributed by atoms with E-state index in [9.17, 15) is 13.2 Å². The smallest absolute Gasteiger partial charge is 0.263 e. The van der Waals surface area contributed by atoms with Crippen LogP contribution in [0.3, 0.4) is 0 Å². The Hall–Kier alpha value is -2.84. The summed E-state index contributed by atoms with van der Waals surface area (Å²) >= 11 is 5.85. The number of ether oxygens (including phenoxy) is 1. The third kappa shape index (κ3) is 4.20. The highest BCUT2D eigenvalue weighted by Gasteiger charge is 2.33. The van der Waals surface area contributed by atoms with Crippen molar-refractivity contribution >= 4 is 33.2 Å². The second kappa shape index (κ2) is 7.77. The second-order valence-electron chi connectivity index (χ2n) is 7.28. The van der Waals surface area contributed by atoms with E-state index < -0.39 is 15.7 Å². The molecule has 156 valence electrons. The maximum Gasteiger partial charge on any atom is 0.263 e. The van der Waals surface area contributed by atoms with Gasteiger partial charge in [-0.3, -0.25) is 4.79 Å². The fourth-order valence-electron chi connectivity index (χ4n) is 3.26. The number of amides is 1. The lowest BCUT2D eigenvalue weighted by atomic mass is 10.1. The van der Waals surface area contributed by atoms with Crippen LogP contribution in [-0.2, 0) is 26.1 Å². The molecule has 30 heavy (non-hydrogen) atoms. The van der Waals surface area contributed by atoms with Crippen LogP contribution in [0.15, 0.2) is 42.5 Å². The van der Waals surface area contributed by atoms with Gasteiger partial charge in [0.25, 0.3) is 5.91 Å². The summed E-state index contributed by atoms with van der Waals surface area (Å²) in [6.07, 6.45) is 0. The van der Waals surface area contributed by atoms with Gasteiger partial charge >= 0.3 is 0 Å². The van der Waals surface area contributed by atoms with Crippen LogP contribution >= 0.6 is 11.6 Å². The number of rotatable bonds is 5. The molecule has 1 aliphatic rings. The Bertz CT molecular complexity index is 1230. The quantitative estimate of drug-likeness (QED) is 0.648. The molecule has 7 nitrogen and oxygen atoms in total. The van der Waals surface area contributed by atoms with Gasteiger partial charge in [-0.15, -0.1) is 0 Å². The number of nitrogens with zero attached hydrogens (tertiary/aromatic N) is 2. The van der Waals surface area contributed by atoms with Crippen molar-refractivity contribution in [1.29, 1.82) is 0 Å². The zero-order valence-corrected chi connectivity index (χ0v) is 18.0. The topological polar surface area (TPSA) is 90.3 Å². The molecule has 0 unspecified atom stereocenters. The van der Waals surface area contributed by atoms with Crippen LogP contribution in [0.5, 0.6) is 5.75 Å². The largest absolute Gasteiger partial charge is 0.484 e. The maximum atomic E-state index is 12.6. The number of sulfone groups is 1. The van der Waals surface area contributed by atoms with E-state index in [1.807, 2.05) is 32.0 Å². The lowest BCUT2D eigenvalue weighted by molar-refractivity contribution is -0.118. The third-order valence-electron chi connectivity index (χ3n) is 4.96. The van der Waals surface area contributed by atoms with E-state index in [4.69, 9.17) is 16.3 Å². The van der Waals surface area contributed by atoms with Crippen LogP contribution in [0.4, 0.5) is 5.82 Å². The Balaban J connectivity index is 1.61. The number of aromatic nitrogens is 2. The van der Waals surface area contributed by atoms with Gasteiger partial charge in [-0.05, 0) is 61.4 Å². The molecule has 9 heteroatoms. The molecule has 1 N–H and O–H groups in total. The maximum absolute atomic E-state index is 12.6. The molecule has 1 amide bonds. The minimum atomic E-state index is -3.26. The van der Waals surface area contributed by atoms with Crippen molar-refractivity contribution in [2.24, 2.45) is 0 Å². The van der Waals surface area contributed by atoms with Gasteiger partial charge in [0.15, 0.2) is 16.4 Å². The molecule has 1 aliphatic heterocycles. The summed E-state index contributed by atoms with van der Waals surface area (Å²) in [5.74, 6) is 0.164. The summed E-state index contributed by atoms with van der Waals surface area (Å²) in [6.45, 7) is 3.76. The van der Waals surface area contributed by atoms with E-state index >= 15 is 0 Å². The minimum absolute atomic E-state index is 0.135. The van der Waals surface area contributed by atoms with Gasteiger partial charge < -0.3 is 10.1 Å². The Morgan fingerprint density at radius 2 is 1.87 bits per heavy atom. The first-order chi connectivity index (χ1) is 14.2. The predicted octanol–water partition coefficient (Wildman–Crippen LogP) is 3.59. The van der Waals surface area contributed by atoms with Crippen LogP contribution < -0.4 is 10.1 Å². The Kier molecular flexibility index (Phi) is 5.29. The number of anilines is 1. The van der Waals surface area contributed by atoms with Gasteiger partial charge in [0.2, 0.25) is 0 Å². The molecule has 0 radical (unpaired) electrons. The minimum Gasteiger partial charge on any atom is -0.484 e. The Labute approximate surface area is 179 Å². The van der Waals surface area contributed by atoms with Crippen molar-refractivity contribution < 1.29 is 17.9 Å². The standard InChI is InChI=1S/C21H20ClN3O4S/c1-13-3-6-16(9-14(13)2)25-21(18-11-30(27,28)12-19(18)24-25)23-20(26)10-29-17-7-4-15(22)5-8-17/h3-9H,10-12H2,1-2H3,(H,23,26). The lowest BCUT2D eigenvalue weighted by Gasteiger charge is -2.13. The van der Waals surface area contributed by atoms with Crippen molar-refractivity contribution in [2.45, 2.75) is 25.4 Å². The molecular formula is C21H20ClN3O4S. The molecule has 1 aromatic heterocycles. The molecule has 3 aromatic rings. The first-order valence-electron chi connectivity index (χ1n) is 9.29. The number of carbonyl (C=O) groups excluding carboxylic acids is 1. The fraction of sp³-hybridized carbons (Fsp3) is 0.238. The number of nitrogens with one attached hydrogen (secondary N) is 1. The summed E-state index contributed by atoms with van der Waals surface area (Å²) in [7, 11) is -3.26. The third-order valence-corrected chi connectivity index (χ3v) is 6.66. The number of hydrogen-bond acceptors (Lipinski definition) is 5. The van der Waals surface area contributed by atoms with E-state index in [1.165, 1.54) is 0 Å². The van der Waals surface area contributed by atoms with Gasteiger partial charge in [-0.25, -0.2) is 13.1 Å².